The average molecular weight is 245 g/mol. The van der Waals surface area contributed by atoms with Gasteiger partial charge < -0.3 is 9.80 Å². The van der Waals surface area contributed by atoms with Gasteiger partial charge in [-0.05, 0) is 45.7 Å². The maximum absolute atomic E-state index is 11.7. The molecule has 0 spiro atoms. The van der Waals surface area contributed by atoms with Crippen LogP contribution in [0.4, 0.5) is 0 Å². The molecule has 1 atom stereocenters. The number of rotatable bonds is 2. The second kappa shape index (κ2) is 5.37. The Morgan fingerprint density at radius 2 is 1.75 bits per heavy atom. The first-order chi connectivity index (χ1) is 7.68. The summed E-state index contributed by atoms with van der Waals surface area (Å²) in [7, 11) is 0. The molecule has 0 aromatic rings. The molecule has 1 amide bonds. The van der Waals surface area contributed by atoms with Crippen molar-refractivity contribution in [3.8, 4) is 0 Å². The van der Waals surface area contributed by atoms with Crippen molar-refractivity contribution in [3.05, 3.63) is 0 Å². The van der Waals surface area contributed by atoms with Crippen LogP contribution in [-0.4, -0.2) is 53.3 Å². The van der Waals surface area contributed by atoms with Crippen molar-refractivity contribution < 1.29 is 4.79 Å². The largest absolute Gasteiger partial charge is 0.341 e. The number of piperidine rings is 1. The zero-order valence-electron chi connectivity index (χ0n) is 9.99. The van der Waals surface area contributed by atoms with Gasteiger partial charge in [-0.1, -0.05) is 0 Å². The standard InChI is InChI=1S/C12H21ClN2O/c1-10(13)12(16)15-8-4-11(5-9-15)14-6-2-3-7-14/h10-11H,2-9H2,1H3/t10-/m1/s1. The summed E-state index contributed by atoms with van der Waals surface area (Å²) in [4.78, 5) is 16.2. The van der Waals surface area contributed by atoms with E-state index in [1.54, 1.807) is 6.92 Å². The number of halogens is 1. The number of alkyl halides is 1. The van der Waals surface area contributed by atoms with E-state index in [0.29, 0.717) is 6.04 Å². The quantitative estimate of drug-likeness (QED) is 0.691. The summed E-state index contributed by atoms with van der Waals surface area (Å²) in [5.41, 5.74) is 0. The normalized spacial score (nSPS) is 26.0. The minimum Gasteiger partial charge on any atom is -0.341 e. The maximum Gasteiger partial charge on any atom is 0.240 e. The maximum atomic E-state index is 11.7. The van der Waals surface area contributed by atoms with Gasteiger partial charge in [-0.2, -0.15) is 0 Å². The molecule has 0 saturated carbocycles. The van der Waals surface area contributed by atoms with E-state index in [2.05, 4.69) is 4.90 Å². The summed E-state index contributed by atoms with van der Waals surface area (Å²) < 4.78 is 0. The van der Waals surface area contributed by atoms with E-state index < -0.39 is 0 Å². The van der Waals surface area contributed by atoms with E-state index in [0.717, 1.165) is 25.9 Å². The zero-order valence-corrected chi connectivity index (χ0v) is 10.7. The summed E-state index contributed by atoms with van der Waals surface area (Å²) >= 11 is 5.82. The molecule has 0 aromatic carbocycles. The predicted molar refractivity (Wildman–Crippen MR) is 65.7 cm³/mol. The molecule has 2 aliphatic heterocycles. The van der Waals surface area contributed by atoms with Crippen LogP contribution < -0.4 is 0 Å². The third-order valence-electron chi connectivity index (χ3n) is 3.77. The van der Waals surface area contributed by atoms with E-state index in [9.17, 15) is 4.79 Å². The lowest BCUT2D eigenvalue weighted by molar-refractivity contribution is -0.132. The summed E-state index contributed by atoms with van der Waals surface area (Å²) in [6.45, 7) is 6.04. The van der Waals surface area contributed by atoms with Gasteiger partial charge in [-0.25, -0.2) is 0 Å². The van der Waals surface area contributed by atoms with Crippen molar-refractivity contribution in [2.24, 2.45) is 0 Å². The summed E-state index contributed by atoms with van der Waals surface area (Å²) in [5, 5.41) is -0.372. The highest BCUT2D eigenvalue weighted by atomic mass is 35.5. The van der Waals surface area contributed by atoms with Gasteiger partial charge in [-0.15, -0.1) is 11.6 Å². The molecule has 0 aromatic heterocycles. The lowest BCUT2D eigenvalue weighted by Gasteiger charge is -2.37. The second-order valence-electron chi connectivity index (χ2n) is 4.92. The summed E-state index contributed by atoms with van der Waals surface area (Å²) in [5.74, 6) is 0.0986. The van der Waals surface area contributed by atoms with Crippen molar-refractivity contribution in [2.45, 2.75) is 44.0 Å². The Hall–Kier alpha value is -0.280. The van der Waals surface area contributed by atoms with Crippen LogP contribution in [0.15, 0.2) is 0 Å². The van der Waals surface area contributed by atoms with Crippen LogP contribution in [0, 0.1) is 0 Å². The molecular weight excluding hydrogens is 224 g/mol. The van der Waals surface area contributed by atoms with Gasteiger partial charge in [-0.3, -0.25) is 4.79 Å². The average Bonchev–Trinajstić information content (AvgIpc) is 2.81. The molecule has 0 N–H and O–H groups in total. The molecule has 2 saturated heterocycles. The fourth-order valence-electron chi connectivity index (χ4n) is 2.81. The minimum absolute atomic E-state index is 0.0986. The topological polar surface area (TPSA) is 23.6 Å². The Bertz CT molecular complexity index is 243. The first-order valence-corrected chi connectivity index (χ1v) is 6.79. The SMILES string of the molecule is C[C@@H](Cl)C(=O)N1CCC(N2CCCC2)CC1. The Labute approximate surface area is 103 Å². The molecule has 92 valence electrons. The van der Waals surface area contributed by atoms with Gasteiger partial charge in [0.2, 0.25) is 5.91 Å². The number of carbonyl (C=O) groups is 1. The Balaban J connectivity index is 1.80. The second-order valence-corrected chi connectivity index (χ2v) is 5.57. The van der Waals surface area contributed by atoms with Gasteiger partial charge in [0.15, 0.2) is 0 Å². The van der Waals surface area contributed by atoms with Crippen LogP contribution in [0.1, 0.15) is 32.6 Å². The third kappa shape index (κ3) is 2.69. The van der Waals surface area contributed by atoms with Crippen LogP contribution in [0.25, 0.3) is 0 Å². The van der Waals surface area contributed by atoms with Crippen molar-refractivity contribution in [2.75, 3.05) is 26.2 Å². The first kappa shape index (κ1) is 12.2. The highest BCUT2D eigenvalue weighted by Gasteiger charge is 2.29. The van der Waals surface area contributed by atoms with E-state index >= 15 is 0 Å². The highest BCUT2D eigenvalue weighted by Crippen LogP contribution is 2.21. The summed E-state index contributed by atoms with van der Waals surface area (Å²) in [6, 6.07) is 0.706. The molecule has 0 aliphatic carbocycles. The molecule has 2 fully saturated rings. The van der Waals surface area contributed by atoms with Crippen LogP contribution >= 0.6 is 11.6 Å². The third-order valence-corrected chi connectivity index (χ3v) is 3.96. The highest BCUT2D eigenvalue weighted by molar-refractivity contribution is 6.30. The van der Waals surface area contributed by atoms with Crippen LogP contribution in [-0.2, 0) is 4.79 Å². The van der Waals surface area contributed by atoms with Crippen molar-refractivity contribution in [1.82, 2.24) is 9.80 Å². The molecule has 2 aliphatic rings. The number of hydrogen-bond acceptors (Lipinski definition) is 2. The number of amides is 1. The molecule has 3 nitrogen and oxygen atoms in total. The molecule has 0 unspecified atom stereocenters. The van der Waals surface area contributed by atoms with E-state index in [-0.39, 0.29) is 11.3 Å². The van der Waals surface area contributed by atoms with Crippen molar-refractivity contribution >= 4 is 17.5 Å². The molecule has 2 rings (SSSR count). The molecule has 16 heavy (non-hydrogen) atoms. The predicted octanol–water partition coefficient (Wildman–Crippen LogP) is 1.70. The van der Waals surface area contributed by atoms with Gasteiger partial charge in [0.05, 0.1) is 0 Å². The Morgan fingerprint density at radius 3 is 2.25 bits per heavy atom. The van der Waals surface area contributed by atoms with Crippen LogP contribution in [0.5, 0.6) is 0 Å². The minimum atomic E-state index is -0.372. The van der Waals surface area contributed by atoms with Crippen molar-refractivity contribution in [3.63, 3.8) is 0 Å². The van der Waals surface area contributed by atoms with Gasteiger partial charge in [0.25, 0.3) is 0 Å². The number of likely N-dealkylation sites (tertiary alicyclic amines) is 2. The number of carbonyl (C=O) groups excluding carboxylic acids is 1. The molecule has 0 bridgehead atoms. The number of hydrogen-bond donors (Lipinski definition) is 0. The molecular formula is C12H21ClN2O. The van der Waals surface area contributed by atoms with Crippen molar-refractivity contribution in [1.29, 1.82) is 0 Å². The smallest absolute Gasteiger partial charge is 0.240 e. The lowest BCUT2D eigenvalue weighted by atomic mass is 10.0. The summed E-state index contributed by atoms with van der Waals surface area (Å²) in [6.07, 6.45) is 4.93. The monoisotopic (exact) mass is 244 g/mol. The fourth-order valence-corrected chi connectivity index (χ4v) is 2.95. The van der Waals surface area contributed by atoms with E-state index in [1.165, 1.54) is 25.9 Å². The van der Waals surface area contributed by atoms with Gasteiger partial charge in [0, 0.05) is 19.1 Å². The zero-order chi connectivity index (χ0) is 11.5. The molecule has 2 heterocycles. The molecule has 4 heteroatoms. The Morgan fingerprint density at radius 1 is 1.19 bits per heavy atom. The van der Waals surface area contributed by atoms with E-state index in [1.807, 2.05) is 4.90 Å². The van der Waals surface area contributed by atoms with Crippen LogP contribution in [0.3, 0.4) is 0 Å². The van der Waals surface area contributed by atoms with E-state index in [4.69, 9.17) is 11.6 Å². The van der Waals surface area contributed by atoms with Gasteiger partial charge >= 0.3 is 0 Å². The fraction of sp³-hybridized carbons (Fsp3) is 0.917. The lowest BCUT2D eigenvalue weighted by Crippen LogP contribution is -2.47. The molecule has 0 radical (unpaired) electrons. The number of nitrogens with zero attached hydrogens (tertiary/aromatic N) is 2. The first-order valence-electron chi connectivity index (χ1n) is 6.35. The van der Waals surface area contributed by atoms with Gasteiger partial charge in [0.1, 0.15) is 5.38 Å². The van der Waals surface area contributed by atoms with Crippen LogP contribution in [0.2, 0.25) is 0 Å². The Kier molecular flexibility index (Phi) is 4.09.